The van der Waals surface area contributed by atoms with Crippen LogP contribution in [-0.2, 0) is 14.5 Å². The Kier molecular flexibility index (Phi) is 2.87. The third-order valence-electron chi connectivity index (χ3n) is 2.98. The number of ketones is 1. The molecule has 1 aromatic carbocycles. The fourth-order valence-corrected chi connectivity index (χ4v) is 2.33. The molecule has 3 heteroatoms. The molecule has 0 amide bonds. The van der Waals surface area contributed by atoms with Gasteiger partial charge in [-0.15, -0.1) is 0 Å². The Labute approximate surface area is 111 Å². The molecular formula is C14H14Cl2O. The highest BCUT2D eigenvalue weighted by Gasteiger charge is 2.38. The van der Waals surface area contributed by atoms with Gasteiger partial charge in [-0.1, -0.05) is 68.2 Å². The SMILES string of the molecule is CC(C)(C)c1ccc2c(c1)C=CC(=O)C2(Cl)Cl. The first-order valence-corrected chi connectivity index (χ1v) is 6.24. The third-order valence-corrected chi connectivity index (χ3v) is 3.76. The summed E-state index contributed by atoms with van der Waals surface area (Å²) in [5, 5.41) is 0. The summed E-state index contributed by atoms with van der Waals surface area (Å²) < 4.78 is -1.44. The molecule has 0 saturated carbocycles. The summed E-state index contributed by atoms with van der Waals surface area (Å²) in [6, 6.07) is 5.86. The van der Waals surface area contributed by atoms with Crippen LogP contribution < -0.4 is 0 Å². The number of hydrogen-bond donors (Lipinski definition) is 0. The highest BCUT2D eigenvalue weighted by molar-refractivity contribution is 6.59. The third kappa shape index (κ3) is 2.14. The molecule has 0 aliphatic heterocycles. The van der Waals surface area contributed by atoms with Gasteiger partial charge in [0.2, 0.25) is 4.33 Å². The average molecular weight is 269 g/mol. The Morgan fingerprint density at radius 2 is 1.76 bits per heavy atom. The van der Waals surface area contributed by atoms with Crippen LogP contribution in [0.3, 0.4) is 0 Å². The molecule has 0 heterocycles. The summed E-state index contributed by atoms with van der Waals surface area (Å²) in [4.78, 5) is 11.6. The lowest BCUT2D eigenvalue weighted by molar-refractivity contribution is -0.115. The normalized spacial score (nSPS) is 18.1. The molecule has 1 aromatic rings. The number of fused-ring (bicyclic) bond motifs is 1. The van der Waals surface area contributed by atoms with E-state index < -0.39 is 4.33 Å². The van der Waals surface area contributed by atoms with Crippen molar-refractivity contribution in [1.82, 2.24) is 0 Å². The van der Waals surface area contributed by atoms with Gasteiger partial charge in [-0.25, -0.2) is 0 Å². The lowest BCUT2D eigenvalue weighted by Crippen LogP contribution is -2.25. The molecule has 0 atom stereocenters. The number of allylic oxidation sites excluding steroid dienone is 1. The van der Waals surface area contributed by atoms with Crippen LogP contribution in [0.4, 0.5) is 0 Å². The molecule has 90 valence electrons. The number of halogens is 2. The summed E-state index contributed by atoms with van der Waals surface area (Å²) >= 11 is 12.2. The maximum Gasteiger partial charge on any atom is 0.205 e. The lowest BCUT2D eigenvalue weighted by Gasteiger charge is -2.26. The molecule has 0 bridgehead atoms. The Morgan fingerprint density at radius 1 is 1.12 bits per heavy atom. The van der Waals surface area contributed by atoms with Crippen molar-refractivity contribution in [2.75, 3.05) is 0 Å². The van der Waals surface area contributed by atoms with Gasteiger partial charge >= 0.3 is 0 Å². The highest BCUT2D eigenvalue weighted by Crippen LogP contribution is 2.41. The second-order valence-corrected chi connectivity index (χ2v) is 6.65. The number of carbonyl (C=O) groups is 1. The Morgan fingerprint density at radius 3 is 2.35 bits per heavy atom. The number of hydrogen-bond acceptors (Lipinski definition) is 1. The molecule has 0 aromatic heterocycles. The predicted molar refractivity (Wildman–Crippen MR) is 72.6 cm³/mol. The average Bonchev–Trinajstić information content (AvgIpc) is 2.22. The maximum atomic E-state index is 11.6. The molecule has 1 aliphatic rings. The molecule has 0 radical (unpaired) electrons. The van der Waals surface area contributed by atoms with E-state index in [1.54, 1.807) is 6.08 Å². The van der Waals surface area contributed by atoms with Gasteiger partial charge in [0.1, 0.15) is 0 Å². The molecule has 2 rings (SSSR count). The number of benzene rings is 1. The van der Waals surface area contributed by atoms with Crippen molar-refractivity contribution < 1.29 is 4.79 Å². The first-order valence-electron chi connectivity index (χ1n) is 5.48. The molecule has 0 N–H and O–H groups in total. The van der Waals surface area contributed by atoms with E-state index in [1.807, 2.05) is 18.2 Å². The van der Waals surface area contributed by atoms with Crippen LogP contribution in [0, 0.1) is 0 Å². The van der Waals surface area contributed by atoms with Gasteiger partial charge in [-0.05, 0) is 22.6 Å². The van der Waals surface area contributed by atoms with Crippen molar-refractivity contribution in [1.29, 1.82) is 0 Å². The van der Waals surface area contributed by atoms with Gasteiger partial charge < -0.3 is 0 Å². The molecule has 1 nitrogen and oxygen atoms in total. The Bertz CT molecular complexity index is 507. The van der Waals surface area contributed by atoms with E-state index in [9.17, 15) is 4.79 Å². The van der Waals surface area contributed by atoms with E-state index in [0.717, 1.165) is 5.56 Å². The minimum absolute atomic E-state index is 0.0611. The molecule has 0 spiro atoms. The van der Waals surface area contributed by atoms with Gasteiger partial charge in [-0.2, -0.15) is 0 Å². The predicted octanol–water partition coefficient (Wildman–Crippen LogP) is 4.21. The minimum Gasteiger partial charge on any atom is -0.291 e. The van der Waals surface area contributed by atoms with Crippen LogP contribution in [0.5, 0.6) is 0 Å². The highest BCUT2D eigenvalue weighted by atomic mass is 35.5. The quantitative estimate of drug-likeness (QED) is 0.645. The lowest BCUT2D eigenvalue weighted by atomic mass is 9.83. The zero-order chi connectivity index (χ0) is 12.8. The monoisotopic (exact) mass is 268 g/mol. The van der Waals surface area contributed by atoms with E-state index in [4.69, 9.17) is 23.2 Å². The molecule has 0 unspecified atom stereocenters. The molecule has 1 aliphatic carbocycles. The largest absolute Gasteiger partial charge is 0.291 e. The number of carbonyl (C=O) groups excluding carboxylic acids is 1. The fraction of sp³-hybridized carbons (Fsp3) is 0.357. The van der Waals surface area contributed by atoms with Crippen LogP contribution in [0.2, 0.25) is 0 Å². The number of alkyl halides is 2. The summed E-state index contributed by atoms with van der Waals surface area (Å²) in [5.74, 6) is -0.281. The summed E-state index contributed by atoms with van der Waals surface area (Å²) in [6.07, 6.45) is 3.21. The van der Waals surface area contributed by atoms with Crippen molar-refractivity contribution in [3.63, 3.8) is 0 Å². The van der Waals surface area contributed by atoms with Gasteiger partial charge in [0.15, 0.2) is 5.78 Å². The summed E-state index contributed by atoms with van der Waals surface area (Å²) in [6.45, 7) is 6.42. The van der Waals surface area contributed by atoms with E-state index in [1.165, 1.54) is 11.6 Å². The molecule has 0 fully saturated rings. The van der Waals surface area contributed by atoms with Crippen molar-refractivity contribution >= 4 is 35.1 Å². The molecule has 0 saturated heterocycles. The summed E-state index contributed by atoms with van der Waals surface area (Å²) in [7, 11) is 0. The fourth-order valence-electron chi connectivity index (χ4n) is 1.86. The first-order chi connectivity index (χ1) is 7.73. The summed E-state index contributed by atoms with van der Waals surface area (Å²) in [5.41, 5.74) is 2.84. The van der Waals surface area contributed by atoms with Crippen LogP contribution >= 0.6 is 23.2 Å². The van der Waals surface area contributed by atoms with Gasteiger partial charge in [0, 0.05) is 5.56 Å². The zero-order valence-corrected chi connectivity index (χ0v) is 11.6. The second kappa shape index (κ2) is 3.86. The van der Waals surface area contributed by atoms with Gasteiger partial charge in [0.05, 0.1) is 0 Å². The van der Waals surface area contributed by atoms with Crippen LogP contribution in [-0.4, -0.2) is 5.78 Å². The maximum absolute atomic E-state index is 11.6. The smallest absolute Gasteiger partial charge is 0.205 e. The van der Waals surface area contributed by atoms with Gasteiger partial charge in [0.25, 0.3) is 0 Å². The standard InChI is InChI=1S/C14H14Cl2O/c1-13(2,3)10-5-6-11-9(8-10)4-7-12(17)14(11,15)16/h4-8H,1-3H3. The topological polar surface area (TPSA) is 17.1 Å². The molecular weight excluding hydrogens is 255 g/mol. The van der Waals surface area contributed by atoms with Crippen molar-refractivity contribution in [2.24, 2.45) is 0 Å². The number of rotatable bonds is 0. The van der Waals surface area contributed by atoms with E-state index in [2.05, 4.69) is 20.8 Å². The van der Waals surface area contributed by atoms with Crippen molar-refractivity contribution in [3.05, 3.63) is 41.0 Å². The molecule has 17 heavy (non-hydrogen) atoms. The van der Waals surface area contributed by atoms with Crippen LogP contribution in [0.15, 0.2) is 24.3 Å². The van der Waals surface area contributed by atoms with Crippen molar-refractivity contribution in [2.45, 2.75) is 30.5 Å². The van der Waals surface area contributed by atoms with E-state index in [-0.39, 0.29) is 11.2 Å². The Balaban J connectivity index is 2.59. The first kappa shape index (κ1) is 12.7. The second-order valence-electron chi connectivity index (χ2n) is 5.32. The van der Waals surface area contributed by atoms with Crippen LogP contribution in [0.25, 0.3) is 6.08 Å². The van der Waals surface area contributed by atoms with E-state index >= 15 is 0 Å². The minimum atomic E-state index is -1.44. The zero-order valence-electron chi connectivity index (χ0n) is 10.1. The van der Waals surface area contributed by atoms with Gasteiger partial charge in [-0.3, -0.25) is 4.79 Å². The van der Waals surface area contributed by atoms with Crippen molar-refractivity contribution in [3.8, 4) is 0 Å². The van der Waals surface area contributed by atoms with E-state index in [0.29, 0.717) is 5.56 Å². The van der Waals surface area contributed by atoms with Crippen LogP contribution in [0.1, 0.15) is 37.5 Å². The Hall–Kier alpha value is -0.790.